The fourth-order valence-electron chi connectivity index (χ4n) is 1.98. The van der Waals surface area contributed by atoms with Gasteiger partial charge in [0.15, 0.2) is 0 Å². The molecule has 0 aromatic heterocycles. The molecule has 2 aromatic rings. The summed E-state index contributed by atoms with van der Waals surface area (Å²) in [5.41, 5.74) is 2.54. The second kappa shape index (κ2) is 7.28. The van der Waals surface area contributed by atoms with Gasteiger partial charge in [-0.15, -0.1) is 0 Å². The molecule has 0 saturated carbocycles. The van der Waals surface area contributed by atoms with E-state index < -0.39 is 0 Å². The zero-order valence-electron chi connectivity index (χ0n) is 11.8. The molecule has 0 radical (unpaired) electrons. The van der Waals surface area contributed by atoms with Crippen molar-refractivity contribution < 1.29 is 4.79 Å². The molecule has 1 amide bonds. The molecular formula is C17H19NOSe. The number of rotatable bonds is 5. The van der Waals surface area contributed by atoms with Gasteiger partial charge in [0.2, 0.25) is 0 Å². The normalized spacial score (nSPS) is 11.9. The Labute approximate surface area is 126 Å². The van der Waals surface area contributed by atoms with E-state index in [1.807, 2.05) is 6.92 Å². The van der Waals surface area contributed by atoms with Gasteiger partial charge in [0.25, 0.3) is 0 Å². The number of amides is 1. The Morgan fingerprint density at radius 1 is 1.10 bits per heavy atom. The van der Waals surface area contributed by atoms with Crippen molar-refractivity contribution in [3.05, 3.63) is 65.7 Å². The van der Waals surface area contributed by atoms with Crippen molar-refractivity contribution >= 4 is 25.3 Å². The second-order valence-electron chi connectivity index (χ2n) is 4.77. The number of nitrogens with one attached hydrogen (secondary N) is 1. The van der Waals surface area contributed by atoms with Gasteiger partial charge < -0.3 is 0 Å². The van der Waals surface area contributed by atoms with E-state index >= 15 is 0 Å². The standard InChI is InChI=1S/C17H19NOSe/c1-13(18-14(2)19)16-8-10-17(11-9-16)20-12-15-6-4-3-5-7-15/h3-11,13H,12H2,1-2H3,(H,18,19)/t13-/m1/s1. The molecule has 2 rings (SSSR count). The number of hydrogen-bond acceptors (Lipinski definition) is 1. The minimum absolute atomic E-state index is 0.00914. The summed E-state index contributed by atoms with van der Waals surface area (Å²) in [7, 11) is 0. The molecule has 0 fully saturated rings. The number of carbonyl (C=O) groups is 1. The van der Waals surface area contributed by atoms with Crippen LogP contribution in [0.25, 0.3) is 0 Å². The van der Waals surface area contributed by atoms with Crippen LogP contribution in [0.15, 0.2) is 54.6 Å². The maximum absolute atomic E-state index is 11.0. The van der Waals surface area contributed by atoms with Gasteiger partial charge in [0.05, 0.1) is 0 Å². The molecule has 3 heteroatoms. The van der Waals surface area contributed by atoms with E-state index in [9.17, 15) is 4.79 Å². The van der Waals surface area contributed by atoms with Crippen LogP contribution in [0.2, 0.25) is 0 Å². The van der Waals surface area contributed by atoms with Crippen LogP contribution in [0.1, 0.15) is 31.0 Å². The molecule has 1 N–H and O–H groups in total. The number of benzene rings is 2. The van der Waals surface area contributed by atoms with Gasteiger partial charge in [0, 0.05) is 0 Å². The van der Waals surface area contributed by atoms with Gasteiger partial charge in [-0.25, -0.2) is 0 Å². The molecule has 0 heterocycles. The molecule has 20 heavy (non-hydrogen) atoms. The Bertz CT molecular complexity index is 551. The zero-order valence-corrected chi connectivity index (χ0v) is 13.5. The molecule has 2 nitrogen and oxygen atoms in total. The second-order valence-corrected chi connectivity index (χ2v) is 6.97. The molecule has 2 aromatic carbocycles. The quantitative estimate of drug-likeness (QED) is 0.837. The Morgan fingerprint density at radius 3 is 2.35 bits per heavy atom. The summed E-state index contributed by atoms with van der Waals surface area (Å²) in [4.78, 5) is 11.0. The van der Waals surface area contributed by atoms with Crippen LogP contribution in [-0.4, -0.2) is 20.9 Å². The Kier molecular flexibility index (Phi) is 5.39. The van der Waals surface area contributed by atoms with Gasteiger partial charge >= 0.3 is 126 Å². The van der Waals surface area contributed by atoms with Crippen molar-refractivity contribution in [3.8, 4) is 0 Å². The van der Waals surface area contributed by atoms with Gasteiger partial charge in [-0.05, 0) is 0 Å². The number of carbonyl (C=O) groups excluding carboxylic acids is 1. The first-order valence-electron chi connectivity index (χ1n) is 6.69. The van der Waals surface area contributed by atoms with E-state index in [0.29, 0.717) is 15.0 Å². The van der Waals surface area contributed by atoms with Crippen LogP contribution in [0, 0.1) is 0 Å². The van der Waals surface area contributed by atoms with E-state index in [2.05, 4.69) is 59.9 Å². The first-order chi connectivity index (χ1) is 9.65. The monoisotopic (exact) mass is 333 g/mol. The average molecular weight is 332 g/mol. The molecule has 0 aliphatic carbocycles. The van der Waals surface area contributed by atoms with Crippen LogP contribution >= 0.6 is 0 Å². The van der Waals surface area contributed by atoms with Gasteiger partial charge in [0.1, 0.15) is 0 Å². The first-order valence-corrected chi connectivity index (χ1v) is 8.76. The predicted molar refractivity (Wildman–Crippen MR) is 84.2 cm³/mol. The fraction of sp³-hybridized carbons (Fsp3) is 0.235. The SMILES string of the molecule is CC(=O)N[C@H](C)c1ccc([Se]Cc2ccccc2)cc1. The third-order valence-electron chi connectivity index (χ3n) is 3.05. The summed E-state index contributed by atoms with van der Waals surface area (Å²) in [6, 6.07) is 19.2. The molecule has 0 saturated heterocycles. The topological polar surface area (TPSA) is 29.1 Å². The van der Waals surface area contributed by atoms with Crippen LogP contribution in [0.3, 0.4) is 0 Å². The Balaban J connectivity index is 1.93. The summed E-state index contributed by atoms with van der Waals surface area (Å²) in [6.07, 6.45) is 0. The van der Waals surface area contributed by atoms with Crippen LogP contribution in [0.5, 0.6) is 0 Å². The molecular weight excluding hydrogens is 313 g/mol. The van der Waals surface area contributed by atoms with Gasteiger partial charge in [-0.1, -0.05) is 0 Å². The summed E-state index contributed by atoms with van der Waals surface area (Å²) >= 11 is 0.455. The van der Waals surface area contributed by atoms with Crippen molar-refractivity contribution in [1.29, 1.82) is 0 Å². The minimum atomic E-state index is 0.00914. The maximum atomic E-state index is 11.0. The van der Waals surface area contributed by atoms with Crippen LogP contribution < -0.4 is 9.78 Å². The van der Waals surface area contributed by atoms with E-state index in [-0.39, 0.29) is 11.9 Å². The van der Waals surface area contributed by atoms with E-state index in [0.717, 1.165) is 10.9 Å². The summed E-state index contributed by atoms with van der Waals surface area (Å²) in [5.74, 6) is 0.00914. The van der Waals surface area contributed by atoms with Crippen molar-refractivity contribution in [3.63, 3.8) is 0 Å². The van der Waals surface area contributed by atoms with Gasteiger partial charge in [-0.3, -0.25) is 0 Å². The van der Waals surface area contributed by atoms with Crippen LogP contribution in [0.4, 0.5) is 0 Å². The third-order valence-corrected chi connectivity index (χ3v) is 5.32. The van der Waals surface area contributed by atoms with Crippen molar-refractivity contribution in [2.45, 2.75) is 25.2 Å². The fourth-order valence-corrected chi connectivity index (χ4v) is 3.77. The molecule has 0 bridgehead atoms. The zero-order chi connectivity index (χ0) is 14.4. The summed E-state index contributed by atoms with van der Waals surface area (Å²) in [6.45, 7) is 3.55. The van der Waals surface area contributed by atoms with Crippen molar-refractivity contribution in [2.75, 3.05) is 0 Å². The molecule has 104 valence electrons. The average Bonchev–Trinajstić information content (AvgIpc) is 2.46. The predicted octanol–water partition coefficient (Wildman–Crippen LogP) is 2.41. The Morgan fingerprint density at radius 2 is 1.75 bits per heavy atom. The first kappa shape index (κ1) is 14.8. The molecule has 1 atom stereocenters. The molecule has 0 aliphatic rings. The molecule has 0 unspecified atom stereocenters. The van der Waals surface area contributed by atoms with E-state index in [4.69, 9.17) is 0 Å². The van der Waals surface area contributed by atoms with E-state index in [1.165, 1.54) is 10.0 Å². The third kappa shape index (κ3) is 4.52. The van der Waals surface area contributed by atoms with E-state index in [1.54, 1.807) is 6.92 Å². The van der Waals surface area contributed by atoms with Crippen LogP contribution in [-0.2, 0) is 10.1 Å². The summed E-state index contributed by atoms with van der Waals surface area (Å²) in [5, 5.41) is 4.02. The van der Waals surface area contributed by atoms with Gasteiger partial charge in [-0.2, -0.15) is 0 Å². The number of hydrogen-bond donors (Lipinski definition) is 1. The van der Waals surface area contributed by atoms with Crippen molar-refractivity contribution in [2.24, 2.45) is 0 Å². The molecule has 0 spiro atoms. The Hall–Kier alpha value is -1.57. The summed E-state index contributed by atoms with van der Waals surface area (Å²) < 4.78 is 1.39. The molecule has 0 aliphatic heterocycles. The van der Waals surface area contributed by atoms with Crippen molar-refractivity contribution in [1.82, 2.24) is 5.32 Å².